The largest absolute Gasteiger partial charge is 0.501 e. The number of hydrogen-bond acceptors (Lipinski definition) is 5. The summed E-state index contributed by atoms with van der Waals surface area (Å²) in [6, 6.07) is 14.4. The summed E-state index contributed by atoms with van der Waals surface area (Å²) in [6.07, 6.45) is 11.3. The van der Waals surface area contributed by atoms with Gasteiger partial charge in [0.1, 0.15) is 6.17 Å². The molecule has 168 valence electrons. The van der Waals surface area contributed by atoms with Gasteiger partial charge >= 0.3 is 0 Å². The van der Waals surface area contributed by atoms with Gasteiger partial charge in [-0.3, -0.25) is 4.79 Å². The Bertz CT molecular complexity index is 982. The lowest BCUT2D eigenvalue weighted by Gasteiger charge is -2.38. The number of nitrogen functional groups attached to an aromatic ring is 1. The quantitative estimate of drug-likeness (QED) is 0.594. The van der Waals surface area contributed by atoms with Crippen molar-refractivity contribution < 1.29 is 9.53 Å². The Balaban J connectivity index is 1.29. The molecule has 5 rings (SSSR count). The van der Waals surface area contributed by atoms with Gasteiger partial charge in [-0.05, 0) is 61.2 Å². The molecule has 0 aromatic heterocycles. The maximum Gasteiger partial charge on any atom is 0.251 e. The van der Waals surface area contributed by atoms with Gasteiger partial charge in [-0.15, -0.1) is 0 Å². The summed E-state index contributed by atoms with van der Waals surface area (Å²) in [5, 5.41) is 6.76. The molecular weight excluding hydrogens is 400 g/mol. The molecule has 6 heteroatoms. The van der Waals surface area contributed by atoms with E-state index in [2.05, 4.69) is 27.7 Å². The van der Waals surface area contributed by atoms with E-state index in [1.807, 2.05) is 42.7 Å². The van der Waals surface area contributed by atoms with E-state index in [0.29, 0.717) is 30.7 Å². The fraction of sp³-hybridized carbons (Fsp3) is 0.423. The highest BCUT2D eigenvalue weighted by Gasteiger charge is 2.39. The summed E-state index contributed by atoms with van der Waals surface area (Å²) in [5.74, 6) is 0.267. The normalized spacial score (nSPS) is 22.3. The van der Waals surface area contributed by atoms with Gasteiger partial charge in [0, 0.05) is 23.8 Å². The molecule has 2 heterocycles. The van der Waals surface area contributed by atoms with Crippen molar-refractivity contribution in [2.75, 3.05) is 29.1 Å². The molecule has 3 aliphatic rings. The number of carbonyl (C=O) groups is 1. The van der Waals surface area contributed by atoms with E-state index in [1.54, 1.807) is 0 Å². The first kappa shape index (κ1) is 20.7. The second-order valence-electron chi connectivity index (χ2n) is 9.09. The Kier molecular flexibility index (Phi) is 5.93. The van der Waals surface area contributed by atoms with Crippen molar-refractivity contribution >= 4 is 23.0 Å². The second kappa shape index (κ2) is 9.15. The van der Waals surface area contributed by atoms with Gasteiger partial charge < -0.3 is 26.0 Å². The van der Waals surface area contributed by atoms with Crippen LogP contribution in [0.4, 0.5) is 17.1 Å². The summed E-state index contributed by atoms with van der Waals surface area (Å²) in [6.45, 7) is 1.29. The lowest BCUT2D eigenvalue weighted by molar-refractivity contribution is 0.0954. The molecule has 32 heavy (non-hydrogen) atoms. The first-order valence-electron chi connectivity index (χ1n) is 11.8. The first-order valence-corrected chi connectivity index (χ1v) is 11.8. The molecule has 2 aromatic rings. The third-order valence-corrected chi connectivity index (χ3v) is 6.90. The first-order chi connectivity index (χ1) is 15.7. The van der Waals surface area contributed by atoms with E-state index in [-0.39, 0.29) is 12.1 Å². The fourth-order valence-electron chi connectivity index (χ4n) is 5.17. The Morgan fingerprint density at radius 2 is 1.94 bits per heavy atom. The summed E-state index contributed by atoms with van der Waals surface area (Å²) in [5.41, 5.74) is 10.6. The Labute approximate surface area is 189 Å². The van der Waals surface area contributed by atoms with E-state index >= 15 is 0 Å². The average molecular weight is 433 g/mol. The summed E-state index contributed by atoms with van der Waals surface area (Å²) in [7, 11) is 0. The van der Waals surface area contributed by atoms with E-state index in [4.69, 9.17) is 10.5 Å². The number of nitrogens with two attached hydrogens (primary N) is 1. The number of hydrogen-bond donors (Lipinski definition) is 3. The molecule has 1 amide bonds. The Morgan fingerprint density at radius 3 is 2.69 bits per heavy atom. The van der Waals surface area contributed by atoms with Gasteiger partial charge in [0.2, 0.25) is 0 Å². The van der Waals surface area contributed by atoms with Gasteiger partial charge in [0.05, 0.1) is 30.2 Å². The second-order valence-corrected chi connectivity index (χ2v) is 9.09. The zero-order chi connectivity index (χ0) is 21.9. The standard InChI is InChI=1S/C26H32N4O2/c27-21-9-6-18(7-10-21)12-14-28-26(31)19-8-11-24-23(16-19)29-25(20-13-15-32-17-20)30(24)22-4-2-1-3-5-22/h6-11,13,15-16,20,22,25,29H,1-5,12,14,17,27H2,(H,28,31). The van der Waals surface area contributed by atoms with Crippen molar-refractivity contribution in [1.29, 1.82) is 0 Å². The van der Waals surface area contributed by atoms with E-state index in [0.717, 1.165) is 23.4 Å². The molecule has 1 saturated carbocycles. The lowest BCUT2D eigenvalue weighted by Crippen LogP contribution is -2.48. The fourth-order valence-corrected chi connectivity index (χ4v) is 5.17. The molecule has 0 radical (unpaired) electrons. The highest BCUT2D eigenvalue weighted by molar-refractivity contribution is 5.97. The zero-order valence-corrected chi connectivity index (χ0v) is 18.4. The van der Waals surface area contributed by atoms with E-state index in [1.165, 1.54) is 37.8 Å². The number of ether oxygens (including phenoxy) is 1. The number of fused-ring (bicyclic) bond motifs is 1. The van der Waals surface area contributed by atoms with Gasteiger partial charge in [-0.25, -0.2) is 0 Å². The van der Waals surface area contributed by atoms with E-state index < -0.39 is 0 Å². The van der Waals surface area contributed by atoms with Crippen LogP contribution in [-0.2, 0) is 11.2 Å². The third-order valence-electron chi connectivity index (χ3n) is 6.90. The molecule has 1 fully saturated rings. The maximum absolute atomic E-state index is 12.8. The van der Waals surface area contributed by atoms with Gasteiger partial charge in [0.25, 0.3) is 5.91 Å². The van der Waals surface area contributed by atoms with Crippen LogP contribution in [-0.4, -0.2) is 31.3 Å². The van der Waals surface area contributed by atoms with Crippen molar-refractivity contribution in [3.05, 3.63) is 65.9 Å². The van der Waals surface area contributed by atoms with Crippen LogP contribution in [0.1, 0.15) is 48.0 Å². The molecule has 0 saturated heterocycles. The summed E-state index contributed by atoms with van der Waals surface area (Å²) >= 11 is 0. The predicted octanol–water partition coefficient (Wildman–Crippen LogP) is 4.29. The molecule has 2 aromatic carbocycles. The smallest absolute Gasteiger partial charge is 0.251 e. The van der Waals surface area contributed by atoms with Crippen molar-refractivity contribution in [2.24, 2.45) is 5.92 Å². The molecule has 6 nitrogen and oxygen atoms in total. The highest BCUT2D eigenvalue weighted by atomic mass is 16.5. The monoisotopic (exact) mass is 432 g/mol. The number of benzene rings is 2. The number of rotatable bonds is 6. The molecule has 4 N–H and O–H groups in total. The van der Waals surface area contributed by atoms with Crippen LogP contribution >= 0.6 is 0 Å². The Hall–Kier alpha value is -3.15. The van der Waals surface area contributed by atoms with Crippen LogP contribution in [0, 0.1) is 5.92 Å². The summed E-state index contributed by atoms with van der Waals surface area (Å²) in [4.78, 5) is 15.4. The van der Waals surface area contributed by atoms with Crippen molar-refractivity contribution in [2.45, 2.75) is 50.7 Å². The van der Waals surface area contributed by atoms with Crippen LogP contribution in [0.5, 0.6) is 0 Å². The number of nitrogens with zero attached hydrogens (tertiary/aromatic N) is 1. The molecule has 2 aliphatic heterocycles. The molecular formula is C26H32N4O2. The molecule has 1 aliphatic carbocycles. The number of amides is 1. The minimum atomic E-state index is -0.0400. The van der Waals surface area contributed by atoms with Crippen LogP contribution in [0.2, 0.25) is 0 Å². The third kappa shape index (κ3) is 4.27. The Morgan fingerprint density at radius 1 is 1.12 bits per heavy atom. The van der Waals surface area contributed by atoms with Crippen molar-refractivity contribution in [3.63, 3.8) is 0 Å². The van der Waals surface area contributed by atoms with Crippen LogP contribution in [0.15, 0.2) is 54.8 Å². The molecule has 2 unspecified atom stereocenters. The van der Waals surface area contributed by atoms with Crippen molar-refractivity contribution in [3.8, 4) is 0 Å². The zero-order valence-electron chi connectivity index (χ0n) is 18.4. The molecule has 2 atom stereocenters. The van der Waals surface area contributed by atoms with Crippen LogP contribution in [0.3, 0.4) is 0 Å². The highest BCUT2D eigenvalue weighted by Crippen LogP contribution is 2.42. The number of anilines is 3. The van der Waals surface area contributed by atoms with E-state index in [9.17, 15) is 4.79 Å². The predicted molar refractivity (Wildman–Crippen MR) is 129 cm³/mol. The number of nitrogens with one attached hydrogen (secondary N) is 2. The topological polar surface area (TPSA) is 79.6 Å². The molecule has 0 spiro atoms. The van der Waals surface area contributed by atoms with Gasteiger partial charge in [-0.2, -0.15) is 0 Å². The van der Waals surface area contributed by atoms with Gasteiger partial charge in [0.15, 0.2) is 0 Å². The van der Waals surface area contributed by atoms with Crippen LogP contribution in [0.25, 0.3) is 0 Å². The minimum absolute atomic E-state index is 0.0400. The lowest BCUT2D eigenvalue weighted by atomic mass is 9.92. The SMILES string of the molecule is Nc1ccc(CCNC(=O)c2ccc3c(c2)NC(C2C=COC2)N3C2CCCCC2)cc1. The number of carbonyl (C=O) groups excluding carboxylic acids is 1. The summed E-state index contributed by atoms with van der Waals surface area (Å²) < 4.78 is 5.53. The minimum Gasteiger partial charge on any atom is -0.501 e. The van der Waals surface area contributed by atoms with Crippen molar-refractivity contribution in [1.82, 2.24) is 5.32 Å². The average Bonchev–Trinajstić information content (AvgIpc) is 3.48. The molecule has 0 bridgehead atoms. The van der Waals surface area contributed by atoms with Gasteiger partial charge in [-0.1, -0.05) is 31.4 Å². The van der Waals surface area contributed by atoms with Crippen LogP contribution < -0.4 is 21.3 Å². The maximum atomic E-state index is 12.8.